The van der Waals surface area contributed by atoms with E-state index >= 15 is 0 Å². The van der Waals surface area contributed by atoms with Crippen LogP contribution in [0, 0.1) is 0 Å². The number of benzene rings is 1. The van der Waals surface area contributed by atoms with Crippen LogP contribution in [0.4, 0.5) is 22.8 Å². The highest BCUT2D eigenvalue weighted by Crippen LogP contribution is 2.39. The number of hydrogen-bond acceptors (Lipinski definition) is 10. The molecule has 3 rings (SSSR count). The van der Waals surface area contributed by atoms with E-state index in [0.717, 1.165) is 6.07 Å². The molecule has 1 aliphatic rings. The van der Waals surface area contributed by atoms with Gasteiger partial charge in [-0.1, -0.05) is 5.16 Å². The van der Waals surface area contributed by atoms with Crippen LogP contribution in [0.15, 0.2) is 27.7 Å². The summed E-state index contributed by atoms with van der Waals surface area (Å²) in [6.07, 6.45) is -4.72. The molecule has 1 atom stereocenters. The number of carbonyl (C=O) groups is 3. The van der Waals surface area contributed by atoms with Crippen molar-refractivity contribution in [1.29, 1.82) is 0 Å². The summed E-state index contributed by atoms with van der Waals surface area (Å²) < 4.78 is 68.2. The van der Waals surface area contributed by atoms with E-state index in [1.54, 1.807) is 46.4 Å². The first-order valence-electron chi connectivity index (χ1n) is 14.7. The van der Waals surface area contributed by atoms with E-state index in [2.05, 4.69) is 20.4 Å². The first-order chi connectivity index (χ1) is 21.3. The van der Waals surface area contributed by atoms with Gasteiger partial charge in [0, 0.05) is 19.0 Å². The van der Waals surface area contributed by atoms with Crippen LogP contribution in [0.3, 0.4) is 0 Å². The Labute approximate surface area is 264 Å². The second kappa shape index (κ2) is 14.8. The summed E-state index contributed by atoms with van der Waals surface area (Å²) >= 11 is 0. The lowest BCUT2D eigenvalue weighted by Crippen LogP contribution is -2.46. The Morgan fingerprint density at radius 1 is 1.04 bits per heavy atom. The number of carbonyl (C=O) groups excluding carboxylic acids is 3. The quantitative estimate of drug-likeness (QED) is 0.110. The van der Waals surface area contributed by atoms with E-state index in [1.165, 1.54) is 19.1 Å². The van der Waals surface area contributed by atoms with Crippen LogP contribution in [0.2, 0.25) is 0 Å². The van der Waals surface area contributed by atoms with Gasteiger partial charge in [0.1, 0.15) is 23.0 Å². The van der Waals surface area contributed by atoms with Crippen LogP contribution in [-0.2, 0) is 25.2 Å². The molecule has 0 radical (unpaired) electrons. The summed E-state index contributed by atoms with van der Waals surface area (Å²) in [7, 11) is 0. The monoisotopic (exact) mass is 655 g/mol. The zero-order valence-electron chi connectivity index (χ0n) is 26.9. The van der Waals surface area contributed by atoms with E-state index in [-0.39, 0.29) is 42.2 Å². The summed E-state index contributed by atoms with van der Waals surface area (Å²) in [4.78, 5) is 46.0. The van der Waals surface area contributed by atoms with Crippen molar-refractivity contribution in [3.05, 3.63) is 29.7 Å². The molecular formula is C30H40F3N5O8. The van der Waals surface area contributed by atoms with E-state index in [9.17, 15) is 27.6 Å². The largest absolute Gasteiger partial charge is 0.493 e. The van der Waals surface area contributed by atoms with Gasteiger partial charge in [-0.3, -0.25) is 10.1 Å². The third kappa shape index (κ3) is 11.2. The molecule has 2 heterocycles. The number of unbranched alkanes of at least 4 members (excludes halogenated alkanes) is 1. The highest BCUT2D eigenvalue weighted by molar-refractivity contribution is 5.99. The Kier molecular flexibility index (Phi) is 11.6. The van der Waals surface area contributed by atoms with E-state index in [4.69, 9.17) is 23.5 Å². The molecule has 0 aliphatic carbocycles. The molecule has 1 aromatic carbocycles. The third-order valence-electron chi connectivity index (χ3n) is 6.10. The molecule has 1 aliphatic heterocycles. The molecule has 0 unspecified atom stereocenters. The molecule has 0 spiro atoms. The topological polar surface area (TPSA) is 155 Å². The molecule has 254 valence electrons. The van der Waals surface area contributed by atoms with Gasteiger partial charge in [0.2, 0.25) is 17.7 Å². The number of alkyl carbamates (subject to hydrolysis) is 1. The fourth-order valence-corrected chi connectivity index (χ4v) is 4.31. The van der Waals surface area contributed by atoms with E-state index in [1.807, 2.05) is 0 Å². The fourth-order valence-electron chi connectivity index (χ4n) is 4.31. The minimum absolute atomic E-state index is 0.0158. The fraction of sp³-hybridized carbons (Fsp3) is 0.600. The lowest BCUT2D eigenvalue weighted by molar-refractivity contribution is -0.141. The lowest BCUT2D eigenvalue weighted by atomic mass is 10.1. The number of hydrogen-bond donors (Lipinski definition) is 1. The smallest absolute Gasteiger partial charge is 0.437 e. The highest BCUT2D eigenvalue weighted by atomic mass is 19.4. The number of esters is 1. The van der Waals surface area contributed by atoms with Crippen molar-refractivity contribution in [2.45, 2.75) is 97.6 Å². The zero-order chi connectivity index (χ0) is 34.3. The Morgan fingerprint density at radius 3 is 2.35 bits per heavy atom. The van der Waals surface area contributed by atoms with Gasteiger partial charge in [0.15, 0.2) is 0 Å². The second-order valence-electron chi connectivity index (χ2n) is 12.5. The minimum Gasteiger partial charge on any atom is -0.493 e. The summed E-state index contributed by atoms with van der Waals surface area (Å²) in [6, 6.07) is 2.76. The first kappa shape index (κ1) is 36.1. The standard InChI is InChI=1S/C30H40F3N5O8/c1-18(39)42-15-8-9-16-43-22-13-12-19(17-20(22)30(31,32)33)23-34-24(46-37-23)21-11-10-14-38(21)25(35-26(40)44-28(2,3)4)36-27(41)45-29(5,6)7/h12-13,17,21H,8-11,14-16H2,1-7H3,(H,35,36,40,41)/t21-/m0/s1. The van der Waals surface area contributed by atoms with Crippen LogP contribution < -0.4 is 10.1 Å². The maximum atomic E-state index is 14.0. The SMILES string of the molecule is CC(=O)OCCCCOc1ccc(-c2noc([C@@H]3CCCN3/C(=N/C(=O)OC(C)(C)C)NC(=O)OC(C)(C)C)n2)cc1C(F)(F)F. The van der Waals surface area contributed by atoms with Gasteiger partial charge in [-0.05, 0) is 85.4 Å². The average molecular weight is 656 g/mol. The van der Waals surface area contributed by atoms with Crippen molar-refractivity contribution in [1.82, 2.24) is 20.4 Å². The molecule has 46 heavy (non-hydrogen) atoms. The highest BCUT2D eigenvalue weighted by Gasteiger charge is 2.37. The second-order valence-corrected chi connectivity index (χ2v) is 12.5. The molecule has 2 aromatic rings. The van der Waals surface area contributed by atoms with Crippen LogP contribution in [0.25, 0.3) is 11.4 Å². The van der Waals surface area contributed by atoms with Gasteiger partial charge >= 0.3 is 24.3 Å². The molecule has 1 fully saturated rings. The molecule has 1 aromatic heterocycles. The van der Waals surface area contributed by atoms with Gasteiger partial charge in [-0.2, -0.15) is 18.2 Å². The Bertz CT molecular complexity index is 1410. The van der Waals surface area contributed by atoms with Crippen LogP contribution >= 0.6 is 0 Å². The molecule has 1 saturated heterocycles. The van der Waals surface area contributed by atoms with Crippen molar-refractivity contribution < 1.29 is 51.0 Å². The van der Waals surface area contributed by atoms with Gasteiger partial charge in [0.25, 0.3) is 0 Å². The van der Waals surface area contributed by atoms with Crippen LogP contribution in [0.1, 0.15) is 91.6 Å². The van der Waals surface area contributed by atoms with Crippen molar-refractivity contribution in [2.75, 3.05) is 19.8 Å². The van der Waals surface area contributed by atoms with Crippen molar-refractivity contribution >= 4 is 24.1 Å². The Hall–Kier alpha value is -4.37. The predicted octanol–water partition coefficient (Wildman–Crippen LogP) is 6.43. The summed E-state index contributed by atoms with van der Waals surface area (Å²) in [5, 5.41) is 6.40. The van der Waals surface area contributed by atoms with Crippen molar-refractivity contribution in [3.63, 3.8) is 0 Å². The zero-order valence-corrected chi connectivity index (χ0v) is 26.9. The van der Waals surface area contributed by atoms with Gasteiger partial charge < -0.3 is 28.4 Å². The Balaban J connectivity index is 1.84. The van der Waals surface area contributed by atoms with Gasteiger partial charge in [-0.15, -0.1) is 4.99 Å². The van der Waals surface area contributed by atoms with Crippen molar-refractivity contribution in [2.24, 2.45) is 4.99 Å². The normalized spacial score (nSPS) is 15.8. The minimum atomic E-state index is -4.74. The van der Waals surface area contributed by atoms with E-state index in [0.29, 0.717) is 32.2 Å². The lowest BCUT2D eigenvalue weighted by Gasteiger charge is -2.27. The number of nitrogens with one attached hydrogen (secondary N) is 1. The molecule has 1 N–H and O–H groups in total. The first-order valence-corrected chi connectivity index (χ1v) is 14.7. The molecular weight excluding hydrogens is 615 g/mol. The maximum absolute atomic E-state index is 14.0. The van der Waals surface area contributed by atoms with Gasteiger partial charge in [0.05, 0.1) is 18.8 Å². The number of aliphatic imine (C=N–C) groups is 1. The summed E-state index contributed by atoms with van der Waals surface area (Å²) in [6.45, 7) is 11.7. The number of alkyl halides is 3. The molecule has 0 bridgehead atoms. The average Bonchev–Trinajstić information content (AvgIpc) is 3.57. The molecule has 0 saturated carbocycles. The number of likely N-dealkylation sites (tertiary alicyclic amines) is 1. The number of halogens is 3. The van der Waals surface area contributed by atoms with Crippen molar-refractivity contribution in [3.8, 4) is 17.1 Å². The number of aromatic nitrogens is 2. The predicted molar refractivity (Wildman–Crippen MR) is 158 cm³/mol. The number of rotatable bonds is 8. The maximum Gasteiger partial charge on any atom is 0.437 e. The third-order valence-corrected chi connectivity index (χ3v) is 6.10. The summed E-state index contributed by atoms with van der Waals surface area (Å²) in [5.41, 5.74) is -2.69. The van der Waals surface area contributed by atoms with Gasteiger partial charge in [-0.25, -0.2) is 9.59 Å². The molecule has 13 nitrogen and oxygen atoms in total. The van der Waals surface area contributed by atoms with Crippen LogP contribution in [-0.4, -0.2) is 70.1 Å². The number of guanidine groups is 1. The molecule has 16 heteroatoms. The Morgan fingerprint density at radius 2 is 1.72 bits per heavy atom. The van der Waals surface area contributed by atoms with E-state index < -0.39 is 47.1 Å². The number of amides is 2. The van der Waals surface area contributed by atoms with Crippen LogP contribution in [0.5, 0.6) is 5.75 Å². The number of nitrogens with zero attached hydrogens (tertiary/aromatic N) is 4. The molecule has 2 amide bonds. The summed E-state index contributed by atoms with van der Waals surface area (Å²) in [5.74, 6) is -1.04. The number of ether oxygens (including phenoxy) is 4.